The summed E-state index contributed by atoms with van der Waals surface area (Å²) in [6.45, 7) is 3.02. The van der Waals surface area contributed by atoms with Crippen molar-refractivity contribution in [2.24, 2.45) is 0 Å². The lowest BCUT2D eigenvalue weighted by molar-refractivity contribution is 0.751. The normalized spacial score (nSPS) is 11.3. The molecular formula is C15H16ClN3S. The van der Waals surface area contributed by atoms with Crippen LogP contribution in [-0.2, 0) is 19.4 Å². The van der Waals surface area contributed by atoms with E-state index in [0.717, 1.165) is 36.4 Å². The van der Waals surface area contributed by atoms with Gasteiger partial charge in [0.15, 0.2) is 5.65 Å². The Kier molecular flexibility index (Phi) is 4.03. The second-order valence-electron chi connectivity index (χ2n) is 4.62. The third-order valence-corrected chi connectivity index (χ3v) is 4.56. The second-order valence-corrected chi connectivity index (χ2v) is 6.00. The molecular weight excluding hydrogens is 290 g/mol. The molecule has 0 aliphatic heterocycles. The highest BCUT2D eigenvalue weighted by Crippen LogP contribution is 2.22. The summed E-state index contributed by atoms with van der Waals surface area (Å²) in [6.07, 6.45) is 3.65. The number of aryl methyl sites for hydroxylation is 2. The van der Waals surface area contributed by atoms with Crippen molar-refractivity contribution >= 4 is 34.1 Å². The molecule has 0 radical (unpaired) electrons. The van der Waals surface area contributed by atoms with E-state index in [-0.39, 0.29) is 0 Å². The van der Waals surface area contributed by atoms with Crippen LogP contribution in [0.1, 0.15) is 23.2 Å². The van der Waals surface area contributed by atoms with Gasteiger partial charge >= 0.3 is 0 Å². The summed E-state index contributed by atoms with van der Waals surface area (Å²) in [7, 11) is 0. The number of imidazole rings is 1. The fourth-order valence-electron chi connectivity index (χ4n) is 2.41. The van der Waals surface area contributed by atoms with Crippen molar-refractivity contribution in [3.8, 4) is 0 Å². The molecule has 3 aromatic rings. The number of pyridine rings is 1. The van der Waals surface area contributed by atoms with Crippen LogP contribution in [0.4, 0.5) is 0 Å². The zero-order valence-electron chi connectivity index (χ0n) is 11.3. The van der Waals surface area contributed by atoms with E-state index in [2.05, 4.69) is 32.9 Å². The third-order valence-electron chi connectivity index (χ3n) is 3.42. The highest BCUT2D eigenvalue weighted by atomic mass is 35.5. The molecule has 3 rings (SSSR count). The predicted octanol–water partition coefficient (Wildman–Crippen LogP) is 3.88. The van der Waals surface area contributed by atoms with E-state index < -0.39 is 0 Å². The zero-order valence-corrected chi connectivity index (χ0v) is 12.9. The minimum absolute atomic E-state index is 0.578. The van der Waals surface area contributed by atoms with Crippen molar-refractivity contribution in [3.05, 3.63) is 46.0 Å². The standard InChI is InChI=1S/C15H16ClN3S/c1-2-11-6-9-20-13(11)10-19-14(5-7-16)18-12-4-3-8-17-15(12)19/h3-4,6,8-9H,2,5,7,10H2,1H3. The van der Waals surface area contributed by atoms with Gasteiger partial charge in [0.05, 0.1) is 6.54 Å². The first-order chi connectivity index (χ1) is 9.83. The first kappa shape index (κ1) is 13.6. The van der Waals surface area contributed by atoms with Gasteiger partial charge in [-0.1, -0.05) is 6.92 Å². The number of halogens is 1. The van der Waals surface area contributed by atoms with Crippen LogP contribution >= 0.6 is 22.9 Å². The summed E-state index contributed by atoms with van der Waals surface area (Å²) < 4.78 is 2.20. The summed E-state index contributed by atoms with van der Waals surface area (Å²) in [4.78, 5) is 10.5. The van der Waals surface area contributed by atoms with Crippen LogP contribution in [0.2, 0.25) is 0 Å². The van der Waals surface area contributed by atoms with Gasteiger partial charge in [0.25, 0.3) is 0 Å². The Morgan fingerprint density at radius 1 is 1.35 bits per heavy atom. The van der Waals surface area contributed by atoms with Crippen LogP contribution in [0.5, 0.6) is 0 Å². The van der Waals surface area contributed by atoms with Crippen LogP contribution in [-0.4, -0.2) is 20.4 Å². The predicted molar refractivity (Wildman–Crippen MR) is 84.8 cm³/mol. The minimum atomic E-state index is 0.578. The molecule has 0 fully saturated rings. The first-order valence-electron chi connectivity index (χ1n) is 6.74. The maximum atomic E-state index is 5.90. The Morgan fingerprint density at radius 3 is 3.05 bits per heavy atom. The lowest BCUT2D eigenvalue weighted by Gasteiger charge is -2.08. The van der Waals surface area contributed by atoms with Gasteiger partial charge in [-0.25, -0.2) is 9.97 Å². The Hall–Kier alpha value is -1.39. The van der Waals surface area contributed by atoms with Crippen molar-refractivity contribution in [2.75, 3.05) is 5.88 Å². The minimum Gasteiger partial charge on any atom is -0.307 e. The molecule has 0 unspecified atom stereocenters. The highest BCUT2D eigenvalue weighted by molar-refractivity contribution is 7.10. The van der Waals surface area contributed by atoms with Crippen molar-refractivity contribution < 1.29 is 0 Å². The molecule has 0 atom stereocenters. The third kappa shape index (κ3) is 2.45. The average Bonchev–Trinajstić information content (AvgIpc) is 3.05. The molecule has 0 saturated heterocycles. The highest BCUT2D eigenvalue weighted by Gasteiger charge is 2.13. The number of rotatable bonds is 5. The number of fused-ring (bicyclic) bond motifs is 1. The van der Waals surface area contributed by atoms with Crippen LogP contribution in [0, 0.1) is 0 Å². The Labute approximate surface area is 127 Å². The molecule has 3 heterocycles. The number of aromatic nitrogens is 3. The number of nitrogens with zero attached hydrogens (tertiary/aromatic N) is 3. The monoisotopic (exact) mass is 305 g/mol. The van der Waals surface area contributed by atoms with Crippen LogP contribution in [0.15, 0.2) is 29.8 Å². The maximum Gasteiger partial charge on any atom is 0.160 e. The fourth-order valence-corrected chi connectivity index (χ4v) is 3.54. The van der Waals surface area contributed by atoms with Gasteiger partial charge in [0.1, 0.15) is 11.3 Å². The molecule has 0 aliphatic rings. The fraction of sp³-hybridized carbons (Fsp3) is 0.333. The molecule has 5 heteroatoms. The molecule has 0 N–H and O–H groups in total. The molecule has 3 aromatic heterocycles. The zero-order chi connectivity index (χ0) is 13.9. The molecule has 3 nitrogen and oxygen atoms in total. The van der Waals surface area contributed by atoms with E-state index in [9.17, 15) is 0 Å². The topological polar surface area (TPSA) is 30.7 Å². The lowest BCUT2D eigenvalue weighted by atomic mass is 10.2. The number of thiophene rings is 1. The summed E-state index contributed by atoms with van der Waals surface area (Å²) in [5, 5.41) is 2.15. The molecule has 0 amide bonds. The molecule has 0 aliphatic carbocycles. The quantitative estimate of drug-likeness (QED) is 0.670. The van der Waals surface area contributed by atoms with Gasteiger partial charge in [0, 0.05) is 23.4 Å². The lowest BCUT2D eigenvalue weighted by Crippen LogP contribution is -2.06. The van der Waals surface area contributed by atoms with Crippen LogP contribution in [0.3, 0.4) is 0 Å². The number of alkyl halides is 1. The Morgan fingerprint density at radius 2 is 2.25 bits per heavy atom. The second kappa shape index (κ2) is 5.94. The summed E-state index contributed by atoms with van der Waals surface area (Å²) in [5.41, 5.74) is 3.30. The van der Waals surface area contributed by atoms with Crippen molar-refractivity contribution in [3.63, 3.8) is 0 Å². The smallest absolute Gasteiger partial charge is 0.160 e. The molecule has 104 valence electrons. The van der Waals surface area contributed by atoms with Gasteiger partial charge < -0.3 is 4.57 Å². The summed E-state index contributed by atoms with van der Waals surface area (Å²) >= 11 is 7.70. The van der Waals surface area contributed by atoms with Crippen LogP contribution in [0.25, 0.3) is 11.2 Å². The van der Waals surface area contributed by atoms with Crippen molar-refractivity contribution in [2.45, 2.75) is 26.3 Å². The van der Waals surface area contributed by atoms with E-state index in [1.54, 1.807) is 11.3 Å². The maximum absolute atomic E-state index is 5.90. The van der Waals surface area contributed by atoms with E-state index in [0.29, 0.717) is 5.88 Å². The van der Waals surface area contributed by atoms with Crippen LogP contribution < -0.4 is 0 Å². The van der Waals surface area contributed by atoms with Crippen molar-refractivity contribution in [1.82, 2.24) is 14.5 Å². The van der Waals surface area contributed by atoms with E-state index >= 15 is 0 Å². The molecule has 0 bridgehead atoms. The van der Waals surface area contributed by atoms with Gasteiger partial charge in [-0.2, -0.15) is 0 Å². The molecule has 20 heavy (non-hydrogen) atoms. The molecule has 0 spiro atoms. The van der Waals surface area contributed by atoms with E-state index in [1.807, 2.05) is 18.3 Å². The van der Waals surface area contributed by atoms with Gasteiger partial charge in [0.2, 0.25) is 0 Å². The van der Waals surface area contributed by atoms with Crippen molar-refractivity contribution in [1.29, 1.82) is 0 Å². The van der Waals surface area contributed by atoms with Gasteiger partial charge in [-0.15, -0.1) is 22.9 Å². The Balaban J connectivity index is 2.06. The molecule has 0 aromatic carbocycles. The Bertz CT molecular complexity index is 717. The first-order valence-corrected chi connectivity index (χ1v) is 8.16. The number of hydrogen-bond donors (Lipinski definition) is 0. The molecule has 0 saturated carbocycles. The summed E-state index contributed by atoms with van der Waals surface area (Å²) in [6, 6.07) is 6.13. The van der Waals surface area contributed by atoms with E-state index in [4.69, 9.17) is 11.6 Å². The number of hydrogen-bond acceptors (Lipinski definition) is 3. The van der Waals surface area contributed by atoms with Gasteiger partial charge in [-0.3, -0.25) is 0 Å². The SMILES string of the molecule is CCc1ccsc1Cn1c(CCCl)nc2cccnc21. The average molecular weight is 306 g/mol. The van der Waals surface area contributed by atoms with Gasteiger partial charge in [-0.05, 0) is 35.6 Å². The largest absolute Gasteiger partial charge is 0.307 e. The summed E-state index contributed by atoms with van der Waals surface area (Å²) in [5.74, 6) is 1.60. The van der Waals surface area contributed by atoms with E-state index in [1.165, 1.54) is 10.4 Å².